The van der Waals surface area contributed by atoms with Crippen molar-refractivity contribution < 1.29 is 0 Å². The summed E-state index contributed by atoms with van der Waals surface area (Å²) >= 11 is -0.312. The van der Waals surface area contributed by atoms with Crippen molar-refractivity contribution in [2.24, 2.45) is 3.15 Å². The largest absolute Gasteiger partial charge is 0.382 e. The molecular formula is C4H4IN5. The van der Waals surface area contributed by atoms with E-state index in [1.54, 1.807) is 0 Å². The summed E-state index contributed by atoms with van der Waals surface area (Å²) in [6, 6.07) is 0. The van der Waals surface area contributed by atoms with Crippen LogP contribution < -0.4 is 9.26 Å². The van der Waals surface area contributed by atoms with Crippen LogP contribution in [0.3, 0.4) is 0 Å². The van der Waals surface area contributed by atoms with E-state index in [0.29, 0.717) is 5.82 Å². The third kappa shape index (κ3) is 0.753. The third-order valence-corrected chi connectivity index (χ3v) is 2.58. The van der Waals surface area contributed by atoms with Gasteiger partial charge in [-0.15, -0.1) is 0 Å². The number of nitrogens with one attached hydrogen (secondary N) is 1. The first-order valence-corrected chi connectivity index (χ1v) is 4.63. The Bertz CT molecular complexity index is 296. The van der Waals surface area contributed by atoms with Crippen LogP contribution in [-0.4, -0.2) is 9.97 Å². The summed E-state index contributed by atoms with van der Waals surface area (Å²) < 4.78 is 7.20. The van der Waals surface area contributed by atoms with Gasteiger partial charge in [0.1, 0.15) is 27.6 Å². The van der Waals surface area contributed by atoms with Gasteiger partial charge in [0.2, 0.25) is 0 Å². The summed E-state index contributed by atoms with van der Waals surface area (Å²) in [7, 11) is 0. The SMILES string of the molecule is Nc1ncnc2c1N=IN2. The molecule has 2 heterocycles. The molecule has 0 amide bonds. The van der Waals surface area contributed by atoms with Crippen molar-refractivity contribution in [1.82, 2.24) is 9.97 Å². The summed E-state index contributed by atoms with van der Waals surface area (Å²) in [5, 5.41) is 0. The fraction of sp³-hybridized carbons (Fsp3) is 0. The summed E-state index contributed by atoms with van der Waals surface area (Å²) in [5.41, 5.74) is 6.24. The predicted molar refractivity (Wildman–Crippen MR) is 46.2 cm³/mol. The molecule has 10 heavy (non-hydrogen) atoms. The zero-order valence-corrected chi connectivity index (χ0v) is 7.03. The number of nitrogens with zero attached hydrogens (tertiary/aromatic N) is 3. The Morgan fingerprint density at radius 1 is 1.50 bits per heavy atom. The molecule has 6 heteroatoms. The number of nitrogens with two attached hydrogens (primary N) is 1. The molecule has 0 aromatic carbocycles. The zero-order chi connectivity index (χ0) is 6.97. The number of hydrogen-bond donors (Lipinski definition) is 2. The highest BCUT2D eigenvalue weighted by atomic mass is 127. The van der Waals surface area contributed by atoms with Crippen molar-refractivity contribution in [1.29, 1.82) is 0 Å². The number of aromatic nitrogens is 2. The van der Waals surface area contributed by atoms with Crippen molar-refractivity contribution in [2.75, 3.05) is 9.26 Å². The van der Waals surface area contributed by atoms with E-state index in [0.717, 1.165) is 11.5 Å². The van der Waals surface area contributed by atoms with E-state index in [1.165, 1.54) is 6.33 Å². The Hall–Kier alpha value is -0.790. The fourth-order valence-electron chi connectivity index (χ4n) is 0.648. The minimum absolute atomic E-state index is 0.312. The van der Waals surface area contributed by atoms with Gasteiger partial charge in [-0.1, -0.05) is 0 Å². The van der Waals surface area contributed by atoms with Crippen molar-refractivity contribution in [2.45, 2.75) is 0 Å². The second-order valence-electron chi connectivity index (χ2n) is 1.72. The number of fused-ring (bicyclic) bond motifs is 1. The standard InChI is InChI=1S/C4H4IN5/c6-3-2-4(8-1-7-3)10-5-9-2/h1H,(H3,6,7,8,9,10). The molecule has 1 aromatic rings. The van der Waals surface area contributed by atoms with E-state index < -0.39 is 0 Å². The maximum atomic E-state index is 5.50. The van der Waals surface area contributed by atoms with Crippen LogP contribution >= 0.6 is 21.3 Å². The lowest BCUT2D eigenvalue weighted by Gasteiger charge is -1.95. The first-order valence-electron chi connectivity index (χ1n) is 2.58. The number of halogens is 1. The molecular weight excluding hydrogens is 245 g/mol. The molecule has 0 fully saturated rings. The Kier molecular flexibility index (Phi) is 1.26. The maximum Gasteiger partial charge on any atom is 0.167 e. The third-order valence-electron chi connectivity index (χ3n) is 1.11. The summed E-state index contributed by atoms with van der Waals surface area (Å²) in [5.74, 6) is 1.25. The topological polar surface area (TPSA) is 76.2 Å². The zero-order valence-electron chi connectivity index (χ0n) is 4.87. The van der Waals surface area contributed by atoms with Crippen LogP contribution in [0.5, 0.6) is 0 Å². The molecule has 0 radical (unpaired) electrons. The normalized spacial score (nSPS) is 13.6. The van der Waals surface area contributed by atoms with Crippen LogP contribution in [0, 0.1) is 0 Å². The van der Waals surface area contributed by atoms with Crippen LogP contribution in [0.4, 0.5) is 17.3 Å². The van der Waals surface area contributed by atoms with Crippen molar-refractivity contribution >= 4 is 38.6 Å². The van der Waals surface area contributed by atoms with E-state index >= 15 is 0 Å². The smallest absolute Gasteiger partial charge is 0.167 e. The van der Waals surface area contributed by atoms with Gasteiger partial charge in [-0.2, -0.15) is 3.15 Å². The van der Waals surface area contributed by atoms with E-state index in [2.05, 4.69) is 16.6 Å². The molecule has 1 aromatic heterocycles. The molecule has 1 aliphatic heterocycles. The highest BCUT2D eigenvalue weighted by Gasteiger charge is 2.10. The van der Waals surface area contributed by atoms with Gasteiger partial charge in [-0.25, -0.2) is 9.97 Å². The van der Waals surface area contributed by atoms with Gasteiger partial charge in [-0.3, -0.25) is 0 Å². The fourth-order valence-corrected chi connectivity index (χ4v) is 2.11. The van der Waals surface area contributed by atoms with Crippen molar-refractivity contribution in [3.8, 4) is 0 Å². The highest BCUT2D eigenvalue weighted by molar-refractivity contribution is 14.2. The lowest BCUT2D eigenvalue weighted by Crippen LogP contribution is -1.92. The molecule has 0 spiro atoms. The van der Waals surface area contributed by atoms with Gasteiger partial charge < -0.3 is 9.26 Å². The average Bonchev–Trinajstić information content (AvgIpc) is 2.36. The lowest BCUT2D eigenvalue weighted by molar-refractivity contribution is 1.19. The molecule has 0 saturated heterocycles. The molecule has 0 atom stereocenters. The van der Waals surface area contributed by atoms with Gasteiger partial charge in [0.15, 0.2) is 17.3 Å². The first kappa shape index (κ1) is 5.96. The quantitative estimate of drug-likeness (QED) is 0.534. The Balaban J connectivity index is 2.67. The van der Waals surface area contributed by atoms with Crippen molar-refractivity contribution in [3.05, 3.63) is 6.33 Å². The highest BCUT2D eigenvalue weighted by Crippen LogP contribution is 2.37. The Morgan fingerprint density at radius 3 is 3.20 bits per heavy atom. The van der Waals surface area contributed by atoms with Crippen molar-refractivity contribution in [3.63, 3.8) is 0 Å². The predicted octanol–water partition coefficient (Wildman–Crippen LogP) is 1.19. The first-order chi connectivity index (χ1) is 4.88. The Labute approximate surface area is 67.6 Å². The van der Waals surface area contributed by atoms with Crippen LogP contribution in [0.15, 0.2) is 9.47 Å². The van der Waals surface area contributed by atoms with Gasteiger partial charge >= 0.3 is 0 Å². The van der Waals surface area contributed by atoms with E-state index in [-0.39, 0.29) is 21.3 Å². The molecule has 2 rings (SSSR count). The van der Waals surface area contributed by atoms with E-state index in [1.807, 2.05) is 0 Å². The summed E-state index contributed by atoms with van der Waals surface area (Å²) in [6.07, 6.45) is 1.44. The van der Waals surface area contributed by atoms with Gasteiger partial charge in [0.25, 0.3) is 0 Å². The van der Waals surface area contributed by atoms with Gasteiger partial charge in [-0.05, 0) is 0 Å². The maximum absolute atomic E-state index is 5.50. The van der Waals surface area contributed by atoms with Crippen LogP contribution in [0.2, 0.25) is 0 Å². The second-order valence-corrected chi connectivity index (χ2v) is 3.22. The van der Waals surface area contributed by atoms with Gasteiger partial charge in [0, 0.05) is 0 Å². The second kappa shape index (κ2) is 2.11. The average molecular weight is 249 g/mol. The molecule has 1 aliphatic rings. The number of hydrogen-bond acceptors (Lipinski definition) is 5. The molecule has 0 saturated carbocycles. The number of nitrogen functional groups attached to an aromatic ring is 1. The molecule has 0 aliphatic carbocycles. The molecule has 0 unspecified atom stereocenters. The monoisotopic (exact) mass is 249 g/mol. The van der Waals surface area contributed by atoms with E-state index in [4.69, 9.17) is 5.73 Å². The van der Waals surface area contributed by atoms with Gasteiger partial charge in [0.05, 0.1) is 0 Å². The molecule has 52 valence electrons. The number of rotatable bonds is 0. The molecule has 5 nitrogen and oxygen atoms in total. The van der Waals surface area contributed by atoms with Crippen LogP contribution in [0.1, 0.15) is 0 Å². The molecule has 3 N–H and O–H groups in total. The van der Waals surface area contributed by atoms with Crippen LogP contribution in [-0.2, 0) is 0 Å². The lowest BCUT2D eigenvalue weighted by atomic mass is 10.4. The minimum Gasteiger partial charge on any atom is -0.382 e. The summed E-state index contributed by atoms with van der Waals surface area (Å²) in [6.45, 7) is 0. The minimum atomic E-state index is -0.312. The molecule has 0 bridgehead atoms. The van der Waals surface area contributed by atoms with E-state index in [9.17, 15) is 0 Å². The van der Waals surface area contributed by atoms with Crippen LogP contribution in [0.25, 0.3) is 0 Å². The Morgan fingerprint density at radius 2 is 2.40 bits per heavy atom. The summed E-state index contributed by atoms with van der Waals surface area (Å²) in [4.78, 5) is 7.75. The number of anilines is 2.